The van der Waals surface area contributed by atoms with E-state index in [0.29, 0.717) is 0 Å². The fraction of sp³-hybridized carbons (Fsp3) is 0.375. The second kappa shape index (κ2) is 10.1. The van der Waals surface area contributed by atoms with E-state index in [1.54, 1.807) is 23.3 Å². The molecule has 2 aromatic carbocycles. The average molecular weight is 425 g/mol. The van der Waals surface area contributed by atoms with E-state index in [1.807, 2.05) is 12.1 Å². The molecule has 0 aliphatic carbocycles. The van der Waals surface area contributed by atoms with Gasteiger partial charge in [-0.3, -0.25) is 0 Å². The van der Waals surface area contributed by atoms with Gasteiger partial charge in [-0.05, 0) is 31.2 Å². The number of benzene rings is 2. The second-order valence-corrected chi connectivity index (χ2v) is 8.54. The van der Waals surface area contributed by atoms with Crippen LogP contribution in [0.1, 0.15) is 12.0 Å². The van der Waals surface area contributed by atoms with Crippen LogP contribution in [0.4, 0.5) is 5.69 Å². The van der Waals surface area contributed by atoms with Crippen LogP contribution < -0.4 is 14.4 Å². The molecule has 0 saturated carbocycles. The van der Waals surface area contributed by atoms with Gasteiger partial charge < -0.3 is 18.9 Å². The number of morpholine rings is 1. The maximum atomic E-state index is 5.49. The summed E-state index contributed by atoms with van der Waals surface area (Å²) in [6.45, 7) is 8.19. The van der Waals surface area contributed by atoms with Crippen LogP contribution in [-0.2, 0) is 11.3 Å². The number of aromatic nitrogens is 1. The lowest BCUT2D eigenvalue weighted by molar-refractivity contribution is -0.908. The Balaban J connectivity index is 1.63. The van der Waals surface area contributed by atoms with E-state index >= 15 is 0 Å². The van der Waals surface area contributed by atoms with Crippen molar-refractivity contribution in [2.24, 2.45) is 4.99 Å². The summed E-state index contributed by atoms with van der Waals surface area (Å²) < 4.78 is 13.3. The molecule has 0 spiro atoms. The summed E-state index contributed by atoms with van der Waals surface area (Å²) in [6, 6.07) is 16.7. The van der Waals surface area contributed by atoms with Crippen LogP contribution in [0.15, 0.2) is 58.9 Å². The zero-order valence-corrected chi connectivity index (χ0v) is 18.6. The van der Waals surface area contributed by atoms with Crippen molar-refractivity contribution in [1.29, 1.82) is 0 Å². The molecule has 158 valence electrons. The van der Waals surface area contributed by atoms with Gasteiger partial charge in [0.1, 0.15) is 18.8 Å². The highest BCUT2D eigenvalue weighted by atomic mass is 32.1. The number of quaternary nitrogens is 1. The largest absolute Gasteiger partial charge is 0.497 e. The maximum absolute atomic E-state index is 5.49. The van der Waals surface area contributed by atoms with Crippen LogP contribution in [-0.4, -0.2) is 44.5 Å². The molecule has 0 amide bonds. The molecule has 2 heterocycles. The van der Waals surface area contributed by atoms with Crippen LogP contribution in [0.5, 0.6) is 5.75 Å². The quantitative estimate of drug-likeness (QED) is 0.633. The number of nitrogens with one attached hydrogen (secondary N) is 1. The summed E-state index contributed by atoms with van der Waals surface area (Å²) in [4.78, 5) is 7.63. The first kappa shape index (κ1) is 20.8. The molecular weight excluding hydrogens is 394 g/mol. The fourth-order valence-corrected chi connectivity index (χ4v) is 4.73. The van der Waals surface area contributed by atoms with E-state index in [2.05, 4.69) is 53.3 Å². The van der Waals surface area contributed by atoms with E-state index in [-0.39, 0.29) is 0 Å². The number of rotatable bonds is 7. The Morgan fingerprint density at radius 3 is 2.70 bits per heavy atom. The van der Waals surface area contributed by atoms with Crippen LogP contribution >= 0.6 is 11.3 Å². The predicted molar refractivity (Wildman–Crippen MR) is 122 cm³/mol. The summed E-state index contributed by atoms with van der Waals surface area (Å²) in [5.74, 6) is 0.875. The van der Waals surface area contributed by atoms with E-state index in [9.17, 15) is 0 Å². The van der Waals surface area contributed by atoms with Crippen molar-refractivity contribution in [2.45, 2.75) is 19.9 Å². The Hall–Kier alpha value is -2.41. The van der Waals surface area contributed by atoms with Gasteiger partial charge in [-0.1, -0.05) is 29.8 Å². The van der Waals surface area contributed by atoms with E-state index in [1.165, 1.54) is 11.3 Å². The molecule has 1 N–H and O–H groups in total. The van der Waals surface area contributed by atoms with Crippen LogP contribution in [0.3, 0.4) is 0 Å². The first-order valence-electron chi connectivity index (χ1n) is 10.6. The first-order chi connectivity index (χ1) is 14.7. The van der Waals surface area contributed by atoms with Crippen molar-refractivity contribution >= 4 is 17.0 Å². The molecule has 0 atom stereocenters. The lowest BCUT2D eigenvalue weighted by Crippen LogP contribution is -3.14. The maximum Gasteiger partial charge on any atom is 0.190 e. The minimum Gasteiger partial charge on any atom is -0.497 e. The Kier molecular flexibility index (Phi) is 7.00. The molecule has 6 heteroatoms. The van der Waals surface area contributed by atoms with Gasteiger partial charge in [-0.15, -0.1) is 11.3 Å². The van der Waals surface area contributed by atoms with Crippen molar-refractivity contribution in [1.82, 2.24) is 4.57 Å². The summed E-state index contributed by atoms with van der Waals surface area (Å²) in [5.41, 5.74) is 4.60. The van der Waals surface area contributed by atoms with Crippen LogP contribution in [0.2, 0.25) is 0 Å². The monoisotopic (exact) mass is 424 g/mol. The van der Waals surface area contributed by atoms with Crippen LogP contribution in [0.25, 0.3) is 11.3 Å². The van der Waals surface area contributed by atoms with Gasteiger partial charge in [0.25, 0.3) is 0 Å². The Morgan fingerprint density at radius 2 is 1.93 bits per heavy atom. The van der Waals surface area contributed by atoms with Gasteiger partial charge in [0, 0.05) is 23.9 Å². The molecule has 1 aliphatic rings. The third-order valence-corrected chi connectivity index (χ3v) is 6.40. The number of methoxy groups -OCH3 is 1. The zero-order valence-electron chi connectivity index (χ0n) is 17.8. The molecule has 3 aromatic rings. The minimum absolute atomic E-state index is 0.875. The highest BCUT2D eigenvalue weighted by molar-refractivity contribution is 7.07. The average Bonchev–Trinajstić information content (AvgIpc) is 3.18. The van der Waals surface area contributed by atoms with Crippen molar-refractivity contribution in [3.05, 3.63) is 64.3 Å². The molecule has 0 unspecified atom stereocenters. The number of hydrogen-bond donors (Lipinski definition) is 1. The van der Waals surface area contributed by atoms with Crippen molar-refractivity contribution in [2.75, 3.05) is 40.0 Å². The molecule has 1 fully saturated rings. The smallest absolute Gasteiger partial charge is 0.190 e. The lowest BCUT2D eigenvalue weighted by atomic mass is 10.1. The first-order valence-corrected chi connectivity index (χ1v) is 11.5. The van der Waals surface area contributed by atoms with E-state index in [0.717, 1.165) is 67.6 Å². The predicted octanol–water partition coefficient (Wildman–Crippen LogP) is 3.07. The molecular formula is C24H30N3O2S+. The molecule has 1 aliphatic heterocycles. The summed E-state index contributed by atoms with van der Waals surface area (Å²) in [7, 11) is 1.71. The normalized spacial score (nSPS) is 15.5. The van der Waals surface area contributed by atoms with Gasteiger partial charge >= 0.3 is 0 Å². The Morgan fingerprint density at radius 1 is 1.13 bits per heavy atom. The summed E-state index contributed by atoms with van der Waals surface area (Å²) in [6.07, 6.45) is 1.12. The number of thiazole rings is 1. The number of hydrogen-bond acceptors (Lipinski definition) is 4. The number of aryl methyl sites for hydroxylation is 1. The third kappa shape index (κ3) is 5.19. The third-order valence-electron chi connectivity index (χ3n) is 5.53. The second-order valence-electron chi connectivity index (χ2n) is 7.70. The zero-order chi connectivity index (χ0) is 20.8. The molecule has 0 radical (unpaired) electrons. The number of nitrogens with zero attached hydrogens (tertiary/aromatic N) is 2. The van der Waals surface area contributed by atoms with Gasteiger partial charge in [-0.25, -0.2) is 4.99 Å². The van der Waals surface area contributed by atoms with Gasteiger partial charge in [0.2, 0.25) is 0 Å². The molecule has 1 aromatic heterocycles. The Bertz CT molecular complexity index is 1020. The Labute approximate surface area is 182 Å². The number of ether oxygens (including phenoxy) is 2. The van der Waals surface area contributed by atoms with Crippen molar-refractivity contribution in [3.8, 4) is 17.0 Å². The molecule has 1 saturated heterocycles. The van der Waals surface area contributed by atoms with E-state index < -0.39 is 0 Å². The molecule has 30 heavy (non-hydrogen) atoms. The van der Waals surface area contributed by atoms with E-state index in [4.69, 9.17) is 14.5 Å². The molecule has 4 rings (SSSR count). The van der Waals surface area contributed by atoms with Gasteiger partial charge in [0.05, 0.1) is 38.2 Å². The lowest BCUT2D eigenvalue weighted by Gasteiger charge is -2.23. The van der Waals surface area contributed by atoms with Gasteiger partial charge in [0.15, 0.2) is 4.80 Å². The molecule has 0 bridgehead atoms. The summed E-state index contributed by atoms with van der Waals surface area (Å²) >= 11 is 1.70. The fourth-order valence-electron chi connectivity index (χ4n) is 3.77. The SMILES string of the molecule is COc1cccc(-c2csc(=Nc3ccc(C)cc3)n2CCC[NH+]2CCOCC2)c1. The van der Waals surface area contributed by atoms with Crippen molar-refractivity contribution < 1.29 is 14.4 Å². The minimum atomic E-state index is 0.875. The highest BCUT2D eigenvalue weighted by Gasteiger charge is 2.14. The summed E-state index contributed by atoms with van der Waals surface area (Å²) in [5, 5.41) is 2.21. The highest BCUT2D eigenvalue weighted by Crippen LogP contribution is 2.25. The topological polar surface area (TPSA) is 40.2 Å². The molecule has 5 nitrogen and oxygen atoms in total. The standard InChI is InChI=1S/C24H29N3O2S/c1-19-7-9-21(10-8-19)25-24-27(12-4-11-26-13-15-29-16-14-26)23(18-30-24)20-5-3-6-22(17-20)28-2/h3,5-10,17-18H,4,11-16H2,1-2H3/p+1. The van der Waals surface area contributed by atoms with Crippen LogP contribution in [0, 0.1) is 6.92 Å². The van der Waals surface area contributed by atoms with Crippen molar-refractivity contribution in [3.63, 3.8) is 0 Å². The van der Waals surface area contributed by atoms with Gasteiger partial charge in [-0.2, -0.15) is 0 Å².